The fourth-order valence-electron chi connectivity index (χ4n) is 4.39. The van der Waals surface area contributed by atoms with Gasteiger partial charge in [-0.1, -0.05) is 11.6 Å². The van der Waals surface area contributed by atoms with Crippen molar-refractivity contribution in [2.45, 2.75) is 13.8 Å². The molecule has 2 aromatic rings. The van der Waals surface area contributed by atoms with Crippen LogP contribution in [-0.2, 0) is 0 Å². The van der Waals surface area contributed by atoms with Gasteiger partial charge < -0.3 is 9.05 Å². The molecule has 4 heterocycles. The molecule has 132 valence electrons. The third kappa shape index (κ3) is 3.03. The number of aryl methyl sites for hydroxylation is 1. The summed E-state index contributed by atoms with van der Waals surface area (Å²) < 4.78 is 3.12. The van der Waals surface area contributed by atoms with Crippen molar-refractivity contribution >= 4 is 17.4 Å². The number of ketones is 1. The zero-order chi connectivity index (χ0) is 17.6. The lowest BCUT2D eigenvalue weighted by atomic mass is 10.1. The van der Waals surface area contributed by atoms with Crippen LogP contribution in [0.25, 0.3) is 5.69 Å². The topological polar surface area (TPSA) is 25.2 Å². The van der Waals surface area contributed by atoms with Crippen molar-refractivity contribution in [2.24, 2.45) is 0 Å². The SMILES string of the molecule is Cc1cc(C(=O)C[N+]23CCN(CC2)CC3)c(C)n1-c1ccc(Cl)cc1. The van der Waals surface area contributed by atoms with Crippen LogP contribution in [0.3, 0.4) is 0 Å². The number of Topliss-reactive ketones (excluding diaryl/α,β-unsaturated/α-hetero) is 1. The molecule has 0 radical (unpaired) electrons. The summed E-state index contributed by atoms with van der Waals surface area (Å²) in [6.07, 6.45) is 0. The molecule has 3 aliphatic heterocycles. The lowest BCUT2D eigenvalue weighted by Gasteiger charge is -2.50. The average Bonchev–Trinajstić information content (AvgIpc) is 2.92. The predicted molar refractivity (Wildman–Crippen MR) is 101 cm³/mol. The van der Waals surface area contributed by atoms with Crippen molar-refractivity contribution in [3.05, 3.63) is 52.3 Å². The quantitative estimate of drug-likeness (QED) is 0.620. The zero-order valence-corrected chi connectivity index (χ0v) is 15.7. The molecule has 2 bridgehead atoms. The summed E-state index contributed by atoms with van der Waals surface area (Å²) in [6, 6.07) is 9.83. The second-order valence-corrected chi connectivity index (χ2v) is 7.97. The number of piperazine rings is 3. The van der Waals surface area contributed by atoms with E-state index in [0.717, 1.165) is 71.4 Å². The highest BCUT2D eigenvalue weighted by Gasteiger charge is 2.40. The Bertz CT molecular complexity index is 787. The smallest absolute Gasteiger partial charge is 0.218 e. The third-order valence-corrected chi connectivity index (χ3v) is 6.22. The van der Waals surface area contributed by atoms with E-state index in [9.17, 15) is 4.79 Å². The summed E-state index contributed by atoms with van der Waals surface area (Å²) in [5, 5.41) is 0.725. The Labute approximate surface area is 154 Å². The van der Waals surface area contributed by atoms with Crippen molar-refractivity contribution in [1.29, 1.82) is 0 Å². The van der Waals surface area contributed by atoms with Gasteiger partial charge in [-0.15, -0.1) is 0 Å². The third-order valence-electron chi connectivity index (χ3n) is 5.97. The lowest BCUT2D eigenvalue weighted by molar-refractivity contribution is -0.933. The molecule has 1 aromatic carbocycles. The van der Waals surface area contributed by atoms with Crippen LogP contribution in [0, 0.1) is 13.8 Å². The molecule has 1 aromatic heterocycles. The molecular formula is C20H25ClN3O+. The van der Waals surface area contributed by atoms with E-state index in [2.05, 4.69) is 16.4 Å². The first-order valence-electron chi connectivity index (χ1n) is 9.03. The fraction of sp³-hybridized carbons (Fsp3) is 0.450. The van der Waals surface area contributed by atoms with Gasteiger partial charge >= 0.3 is 0 Å². The van der Waals surface area contributed by atoms with E-state index >= 15 is 0 Å². The highest BCUT2D eigenvalue weighted by atomic mass is 35.5. The monoisotopic (exact) mass is 358 g/mol. The molecular weight excluding hydrogens is 334 g/mol. The van der Waals surface area contributed by atoms with Gasteiger partial charge in [-0.25, -0.2) is 0 Å². The van der Waals surface area contributed by atoms with Gasteiger partial charge in [0.2, 0.25) is 5.78 Å². The van der Waals surface area contributed by atoms with E-state index in [1.807, 2.05) is 37.3 Å². The minimum Gasteiger partial charge on any atom is -0.318 e. The maximum absolute atomic E-state index is 13.1. The molecule has 0 atom stereocenters. The highest BCUT2D eigenvalue weighted by Crippen LogP contribution is 2.25. The Kier molecular flexibility index (Phi) is 4.22. The fourth-order valence-corrected chi connectivity index (χ4v) is 4.52. The van der Waals surface area contributed by atoms with E-state index in [-0.39, 0.29) is 5.78 Å². The molecule has 0 amide bonds. The molecule has 3 fully saturated rings. The van der Waals surface area contributed by atoms with Gasteiger partial charge in [0.05, 0.1) is 19.6 Å². The molecule has 0 unspecified atom stereocenters. The Hall–Kier alpha value is -1.62. The van der Waals surface area contributed by atoms with Crippen LogP contribution >= 0.6 is 11.6 Å². The lowest BCUT2D eigenvalue weighted by Crippen LogP contribution is -2.68. The summed E-state index contributed by atoms with van der Waals surface area (Å²) in [4.78, 5) is 15.6. The Balaban J connectivity index is 1.61. The van der Waals surface area contributed by atoms with Gasteiger partial charge in [-0.3, -0.25) is 9.69 Å². The van der Waals surface area contributed by atoms with Crippen LogP contribution in [0.15, 0.2) is 30.3 Å². The number of benzene rings is 1. The zero-order valence-electron chi connectivity index (χ0n) is 15.0. The Morgan fingerprint density at radius 1 is 1.08 bits per heavy atom. The molecule has 0 spiro atoms. The van der Waals surface area contributed by atoms with Gasteiger partial charge in [0, 0.05) is 47.3 Å². The number of carbonyl (C=O) groups excluding carboxylic acids is 1. The number of quaternary nitrogens is 1. The van der Waals surface area contributed by atoms with E-state index in [0.29, 0.717) is 6.54 Å². The van der Waals surface area contributed by atoms with E-state index < -0.39 is 0 Å². The first-order valence-corrected chi connectivity index (χ1v) is 9.41. The van der Waals surface area contributed by atoms with Gasteiger partial charge in [0.25, 0.3) is 0 Å². The normalized spacial score (nSPS) is 25.3. The number of fused-ring (bicyclic) bond motifs is 3. The number of rotatable bonds is 4. The van der Waals surface area contributed by atoms with Gasteiger partial charge in [-0.2, -0.15) is 0 Å². The van der Waals surface area contributed by atoms with Crippen LogP contribution in [0.1, 0.15) is 21.7 Å². The van der Waals surface area contributed by atoms with Crippen molar-refractivity contribution in [3.8, 4) is 5.69 Å². The predicted octanol–water partition coefficient (Wildman–Crippen LogP) is 3.08. The number of hydrogen-bond acceptors (Lipinski definition) is 2. The molecule has 0 N–H and O–H groups in total. The maximum atomic E-state index is 13.1. The van der Waals surface area contributed by atoms with Crippen LogP contribution in [0.2, 0.25) is 5.02 Å². The molecule has 4 nitrogen and oxygen atoms in total. The molecule has 5 rings (SSSR count). The van der Waals surface area contributed by atoms with Crippen LogP contribution in [-0.4, -0.2) is 65.5 Å². The highest BCUT2D eigenvalue weighted by molar-refractivity contribution is 6.30. The number of hydrogen-bond donors (Lipinski definition) is 0. The van der Waals surface area contributed by atoms with Gasteiger partial charge in [0.15, 0.2) is 0 Å². The summed E-state index contributed by atoms with van der Waals surface area (Å²) in [5.41, 5.74) is 4.04. The van der Waals surface area contributed by atoms with Crippen molar-refractivity contribution in [1.82, 2.24) is 9.47 Å². The summed E-state index contributed by atoms with van der Waals surface area (Å²) >= 11 is 6.01. The van der Waals surface area contributed by atoms with E-state index in [1.54, 1.807) is 0 Å². The molecule has 0 aliphatic carbocycles. The largest absolute Gasteiger partial charge is 0.318 e. The first-order chi connectivity index (χ1) is 12.0. The maximum Gasteiger partial charge on any atom is 0.218 e. The van der Waals surface area contributed by atoms with Crippen molar-refractivity contribution in [2.75, 3.05) is 45.8 Å². The molecule has 3 saturated heterocycles. The van der Waals surface area contributed by atoms with E-state index in [1.165, 1.54) is 0 Å². The van der Waals surface area contributed by atoms with Crippen molar-refractivity contribution in [3.63, 3.8) is 0 Å². The minimum absolute atomic E-state index is 0.281. The molecule has 5 heteroatoms. The molecule has 3 aliphatic rings. The summed E-state index contributed by atoms with van der Waals surface area (Å²) in [5.74, 6) is 0.281. The number of carbonyl (C=O) groups is 1. The van der Waals surface area contributed by atoms with E-state index in [4.69, 9.17) is 11.6 Å². The second-order valence-electron chi connectivity index (χ2n) is 7.53. The van der Waals surface area contributed by atoms with Gasteiger partial charge in [-0.05, 0) is 44.2 Å². The van der Waals surface area contributed by atoms with Crippen LogP contribution < -0.4 is 0 Å². The van der Waals surface area contributed by atoms with Crippen LogP contribution in [0.5, 0.6) is 0 Å². The number of nitrogens with zero attached hydrogens (tertiary/aromatic N) is 3. The Morgan fingerprint density at radius 3 is 2.28 bits per heavy atom. The van der Waals surface area contributed by atoms with Gasteiger partial charge in [0.1, 0.15) is 6.54 Å². The average molecular weight is 359 g/mol. The standard InChI is InChI=1S/C20H25ClN3O/c1-15-13-19(16(2)23(15)18-5-3-17(21)4-6-18)20(25)14-24-10-7-22(8-11-24)9-12-24/h3-6,13H,7-12,14H2,1-2H3/q+1. The number of halogens is 1. The summed E-state index contributed by atoms with van der Waals surface area (Å²) in [6.45, 7) is 11.5. The van der Waals surface area contributed by atoms with Crippen LogP contribution in [0.4, 0.5) is 0 Å². The summed E-state index contributed by atoms with van der Waals surface area (Å²) in [7, 11) is 0. The van der Waals surface area contributed by atoms with Crippen molar-refractivity contribution < 1.29 is 9.28 Å². The Morgan fingerprint density at radius 2 is 1.68 bits per heavy atom. The first kappa shape index (κ1) is 16.8. The molecule has 0 saturated carbocycles. The molecule has 25 heavy (non-hydrogen) atoms. The second kappa shape index (κ2) is 6.27. The minimum atomic E-state index is 0.281. The number of aromatic nitrogens is 1.